The highest BCUT2D eigenvalue weighted by Gasteiger charge is 2.20. The summed E-state index contributed by atoms with van der Waals surface area (Å²) in [4.78, 5) is 14.1. The van der Waals surface area contributed by atoms with Gasteiger partial charge in [-0.1, -0.05) is 12.1 Å². The first kappa shape index (κ1) is 11.5. The lowest BCUT2D eigenvalue weighted by Gasteiger charge is -2.16. The summed E-state index contributed by atoms with van der Waals surface area (Å²) in [7, 11) is 0. The monoisotopic (exact) mass is 262 g/mol. The Kier molecular flexibility index (Phi) is 2.91. The third kappa shape index (κ3) is 2.18. The molecule has 2 aromatic heterocycles. The van der Waals surface area contributed by atoms with Crippen LogP contribution in [0.25, 0.3) is 0 Å². The molecule has 1 unspecified atom stereocenters. The van der Waals surface area contributed by atoms with E-state index in [2.05, 4.69) is 21.9 Å². The van der Waals surface area contributed by atoms with Gasteiger partial charge in [0.05, 0.1) is 4.88 Å². The van der Waals surface area contributed by atoms with Gasteiger partial charge in [-0.05, 0) is 36.8 Å². The zero-order valence-electron chi connectivity index (χ0n) is 10.1. The molecular weight excluding hydrogens is 248 g/mol. The Bertz CT molecular complexity index is 560. The minimum Gasteiger partial charge on any atom is -0.363 e. The predicted octanol–water partition coefficient (Wildman–Crippen LogP) is 3.11. The van der Waals surface area contributed by atoms with Gasteiger partial charge in [-0.2, -0.15) is 0 Å². The van der Waals surface area contributed by atoms with E-state index in [1.165, 1.54) is 23.1 Å². The standard InChI is InChI=1S/C13H14N2O2S/c1-8-2-3-10-9(6-8)7-11(18-10)13(16)14-12-4-5-17-15-12/h4-5,7-8H,2-3,6H2,1H3,(H,14,15,16). The SMILES string of the molecule is CC1CCc2sc(C(=O)Nc3ccon3)cc2C1. The third-order valence-corrected chi connectivity index (χ3v) is 4.47. The number of carbonyl (C=O) groups excluding carboxylic acids is 1. The van der Waals surface area contributed by atoms with Crippen molar-refractivity contribution in [1.82, 2.24) is 5.16 Å². The molecule has 0 aliphatic heterocycles. The smallest absolute Gasteiger partial charge is 0.266 e. The molecule has 0 bridgehead atoms. The van der Waals surface area contributed by atoms with E-state index in [-0.39, 0.29) is 5.91 Å². The van der Waals surface area contributed by atoms with Gasteiger partial charge in [0, 0.05) is 10.9 Å². The topological polar surface area (TPSA) is 55.1 Å². The molecule has 0 aromatic carbocycles. The van der Waals surface area contributed by atoms with E-state index in [0.29, 0.717) is 5.82 Å². The number of fused-ring (bicyclic) bond motifs is 1. The molecule has 0 saturated heterocycles. The fourth-order valence-corrected chi connectivity index (χ4v) is 3.38. The van der Waals surface area contributed by atoms with Crippen LogP contribution in [0.4, 0.5) is 5.82 Å². The number of thiophene rings is 1. The number of hydrogen-bond acceptors (Lipinski definition) is 4. The first-order valence-electron chi connectivity index (χ1n) is 6.05. The van der Waals surface area contributed by atoms with E-state index >= 15 is 0 Å². The molecule has 0 saturated carbocycles. The van der Waals surface area contributed by atoms with Gasteiger partial charge < -0.3 is 9.84 Å². The summed E-state index contributed by atoms with van der Waals surface area (Å²) in [6, 6.07) is 3.65. The molecule has 1 aliphatic carbocycles. The molecule has 1 atom stereocenters. The second-order valence-corrected chi connectivity index (χ2v) is 5.88. The maximum Gasteiger partial charge on any atom is 0.266 e. The number of aromatic nitrogens is 1. The number of amides is 1. The van der Waals surface area contributed by atoms with Crippen LogP contribution in [0.1, 0.15) is 33.5 Å². The van der Waals surface area contributed by atoms with Gasteiger partial charge in [0.15, 0.2) is 5.82 Å². The van der Waals surface area contributed by atoms with Gasteiger partial charge >= 0.3 is 0 Å². The average molecular weight is 262 g/mol. The maximum absolute atomic E-state index is 12.0. The minimum atomic E-state index is -0.101. The van der Waals surface area contributed by atoms with Crippen LogP contribution < -0.4 is 5.32 Å². The van der Waals surface area contributed by atoms with Crippen molar-refractivity contribution in [2.75, 3.05) is 5.32 Å². The number of rotatable bonds is 2. The second-order valence-electron chi connectivity index (χ2n) is 4.75. The van der Waals surface area contributed by atoms with Crippen molar-refractivity contribution in [3.05, 3.63) is 33.7 Å². The highest BCUT2D eigenvalue weighted by molar-refractivity contribution is 7.14. The molecule has 1 amide bonds. The molecule has 2 heterocycles. The number of hydrogen-bond donors (Lipinski definition) is 1. The quantitative estimate of drug-likeness (QED) is 0.904. The first-order valence-corrected chi connectivity index (χ1v) is 6.87. The Morgan fingerprint density at radius 3 is 3.28 bits per heavy atom. The molecule has 0 spiro atoms. The molecule has 94 valence electrons. The Morgan fingerprint density at radius 1 is 1.61 bits per heavy atom. The summed E-state index contributed by atoms with van der Waals surface area (Å²) < 4.78 is 4.69. The molecule has 1 aliphatic rings. The lowest BCUT2D eigenvalue weighted by atomic mass is 9.90. The van der Waals surface area contributed by atoms with E-state index < -0.39 is 0 Å². The zero-order chi connectivity index (χ0) is 12.5. The maximum atomic E-state index is 12.0. The average Bonchev–Trinajstić information content (AvgIpc) is 2.96. The van der Waals surface area contributed by atoms with Crippen molar-refractivity contribution < 1.29 is 9.32 Å². The molecule has 3 rings (SSSR count). The lowest BCUT2D eigenvalue weighted by Crippen LogP contribution is -2.10. The number of nitrogens with one attached hydrogen (secondary N) is 1. The Labute approximate surface area is 109 Å². The highest BCUT2D eigenvalue weighted by atomic mass is 32.1. The predicted molar refractivity (Wildman–Crippen MR) is 70.0 cm³/mol. The summed E-state index contributed by atoms with van der Waals surface area (Å²) >= 11 is 1.60. The normalized spacial score (nSPS) is 18.4. The molecule has 5 heteroatoms. The second kappa shape index (κ2) is 4.57. The third-order valence-electron chi connectivity index (χ3n) is 3.23. The number of aryl methyl sites for hydroxylation is 1. The van der Waals surface area contributed by atoms with Crippen LogP contribution >= 0.6 is 11.3 Å². The Morgan fingerprint density at radius 2 is 2.50 bits per heavy atom. The molecule has 18 heavy (non-hydrogen) atoms. The van der Waals surface area contributed by atoms with Crippen LogP contribution in [-0.4, -0.2) is 11.1 Å². The first-order chi connectivity index (χ1) is 8.72. The van der Waals surface area contributed by atoms with Gasteiger partial charge in [0.2, 0.25) is 0 Å². The van der Waals surface area contributed by atoms with Crippen molar-refractivity contribution in [1.29, 1.82) is 0 Å². The van der Waals surface area contributed by atoms with Crippen molar-refractivity contribution in [2.24, 2.45) is 5.92 Å². The highest BCUT2D eigenvalue weighted by Crippen LogP contribution is 2.32. The van der Waals surface area contributed by atoms with Crippen molar-refractivity contribution >= 4 is 23.1 Å². The molecule has 4 nitrogen and oxygen atoms in total. The summed E-state index contributed by atoms with van der Waals surface area (Å²) in [6.07, 6.45) is 4.84. The molecular formula is C13H14N2O2S. The Hall–Kier alpha value is -1.62. The van der Waals surface area contributed by atoms with Crippen LogP contribution in [0.2, 0.25) is 0 Å². The zero-order valence-corrected chi connectivity index (χ0v) is 10.9. The summed E-state index contributed by atoms with van der Waals surface area (Å²) in [6.45, 7) is 2.26. The van der Waals surface area contributed by atoms with E-state index in [4.69, 9.17) is 0 Å². The van der Waals surface area contributed by atoms with Crippen molar-refractivity contribution in [3.8, 4) is 0 Å². The van der Waals surface area contributed by atoms with Gasteiger partial charge in [-0.25, -0.2) is 0 Å². The van der Waals surface area contributed by atoms with Gasteiger partial charge in [0.25, 0.3) is 5.91 Å². The number of nitrogens with zero attached hydrogens (tertiary/aromatic N) is 1. The van der Waals surface area contributed by atoms with Crippen molar-refractivity contribution in [3.63, 3.8) is 0 Å². The molecule has 1 N–H and O–H groups in total. The molecule has 0 radical (unpaired) electrons. The van der Waals surface area contributed by atoms with Gasteiger partial charge in [-0.15, -0.1) is 11.3 Å². The van der Waals surface area contributed by atoms with Gasteiger partial charge in [0.1, 0.15) is 6.26 Å². The van der Waals surface area contributed by atoms with E-state index in [9.17, 15) is 4.79 Å². The van der Waals surface area contributed by atoms with E-state index in [1.54, 1.807) is 17.4 Å². The fraction of sp³-hybridized carbons (Fsp3) is 0.385. The summed E-state index contributed by atoms with van der Waals surface area (Å²) in [5, 5.41) is 6.40. The van der Waals surface area contributed by atoms with Crippen molar-refractivity contribution in [2.45, 2.75) is 26.2 Å². The number of anilines is 1. The van der Waals surface area contributed by atoms with Crippen LogP contribution in [0.5, 0.6) is 0 Å². The summed E-state index contributed by atoms with van der Waals surface area (Å²) in [5.41, 5.74) is 1.34. The van der Waals surface area contributed by atoms with E-state index in [1.807, 2.05) is 6.07 Å². The Balaban J connectivity index is 1.78. The largest absolute Gasteiger partial charge is 0.363 e. The number of carbonyl (C=O) groups is 1. The van der Waals surface area contributed by atoms with E-state index in [0.717, 1.165) is 23.6 Å². The molecule has 0 fully saturated rings. The van der Waals surface area contributed by atoms with Crippen LogP contribution in [0, 0.1) is 5.92 Å². The van der Waals surface area contributed by atoms with Crippen LogP contribution in [0.15, 0.2) is 22.9 Å². The minimum absolute atomic E-state index is 0.101. The fourth-order valence-electron chi connectivity index (χ4n) is 2.27. The molecule has 2 aromatic rings. The van der Waals surface area contributed by atoms with Gasteiger partial charge in [-0.3, -0.25) is 4.79 Å². The van der Waals surface area contributed by atoms with Crippen LogP contribution in [-0.2, 0) is 12.8 Å². The lowest BCUT2D eigenvalue weighted by molar-refractivity contribution is 0.102. The van der Waals surface area contributed by atoms with Crippen LogP contribution in [0.3, 0.4) is 0 Å². The summed E-state index contributed by atoms with van der Waals surface area (Å²) in [5.74, 6) is 1.08.